The Morgan fingerprint density at radius 1 is 0.857 bits per heavy atom. The Morgan fingerprint density at radius 2 is 1.48 bits per heavy atom. The molecule has 0 bridgehead atoms. The van der Waals surface area contributed by atoms with Crippen LogP contribution in [0.25, 0.3) is 0 Å². The molecule has 9 heteroatoms. The first kappa shape index (κ1) is 30.5. The molecule has 1 N–H and O–H groups in total. The number of hydrogen-bond donors (Lipinski definition) is 1. The predicted octanol–water partition coefficient (Wildman–Crippen LogP) is 5.02. The van der Waals surface area contributed by atoms with Crippen LogP contribution in [0.1, 0.15) is 22.3 Å². The lowest BCUT2D eigenvalue weighted by molar-refractivity contribution is -0.139. The number of hydrogen-bond acceptors (Lipinski definition) is 4. The maximum Gasteiger partial charge on any atom is 0.264 e. The second-order valence-corrected chi connectivity index (χ2v) is 11.9. The van der Waals surface area contributed by atoms with Crippen molar-refractivity contribution in [3.63, 3.8) is 0 Å². The molecule has 0 radical (unpaired) electrons. The molecule has 42 heavy (non-hydrogen) atoms. The number of carbonyl (C=O) groups is 2. The van der Waals surface area contributed by atoms with Gasteiger partial charge in [-0.1, -0.05) is 78.9 Å². The van der Waals surface area contributed by atoms with Gasteiger partial charge in [0.05, 0.1) is 10.6 Å². The predicted molar refractivity (Wildman–Crippen MR) is 162 cm³/mol. The smallest absolute Gasteiger partial charge is 0.264 e. The molecule has 0 saturated carbocycles. The SMILES string of the molecule is CNC(=O)[C@H](Cc1ccccc1)N(Cc1ccccc1F)C(=O)CN(c1cc(C)ccc1C)S(=O)(=O)c1ccccc1. The Kier molecular flexibility index (Phi) is 9.75. The monoisotopic (exact) mass is 587 g/mol. The van der Waals surface area contributed by atoms with Gasteiger partial charge < -0.3 is 10.2 Å². The Labute approximate surface area is 246 Å². The first-order valence-corrected chi connectivity index (χ1v) is 15.0. The number of nitrogens with zero attached hydrogens (tertiary/aromatic N) is 2. The molecular formula is C33H34FN3O4S. The van der Waals surface area contributed by atoms with Crippen molar-refractivity contribution in [3.8, 4) is 0 Å². The third kappa shape index (κ3) is 7.03. The lowest BCUT2D eigenvalue weighted by Crippen LogP contribution is -2.53. The zero-order valence-electron chi connectivity index (χ0n) is 23.8. The summed E-state index contributed by atoms with van der Waals surface area (Å²) in [5.41, 5.74) is 2.81. The third-order valence-corrected chi connectivity index (χ3v) is 8.83. The Morgan fingerprint density at radius 3 is 2.12 bits per heavy atom. The van der Waals surface area contributed by atoms with Crippen LogP contribution < -0.4 is 9.62 Å². The molecular weight excluding hydrogens is 553 g/mol. The summed E-state index contributed by atoms with van der Waals surface area (Å²) in [6, 6.07) is 27.4. The summed E-state index contributed by atoms with van der Waals surface area (Å²) in [6.45, 7) is 2.78. The van der Waals surface area contributed by atoms with Crippen LogP contribution in [0.5, 0.6) is 0 Å². The minimum atomic E-state index is -4.20. The average Bonchev–Trinajstić information content (AvgIpc) is 3.00. The van der Waals surface area contributed by atoms with Gasteiger partial charge in [0.15, 0.2) is 0 Å². The van der Waals surface area contributed by atoms with Crippen LogP contribution in [-0.4, -0.2) is 44.8 Å². The number of nitrogens with one attached hydrogen (secondary N) is 1. The van der Waals surface area contributed by atoms with E-state index in [1.54, 1.807) is 55.5 Å². The molecule has 0 aliphatic heterocycles. The number of halogens is 1. The van der Waals surface area contributed by atoms with E-state index in [1.165, 1.54) is 30.1 Å². The van der Waals surface area contributed by atoms with Gasteiger partial charge >= 0.3 is 0 Å². The largest absolute Gasteiger partial charge is 0.357 e. The summed E-state index contributed by atoms with van der Waals surface area (Å²) >= 11 is 0. The van der Waals surface area contributed by atoms with Crippen LogP contribution in [0.15, 0.2) is 108 Å². The summed E-state index contributed by atoms with van der Waals surface area (Å²) in [5, 5.41) is 2.62. The number of likely N-dealkylation sites (N-methyl/N-ethyl adjacent to an activating group) is 1. The molecule has 0 aromatic heterocycles. The molecule has 0 heterocycles. The fourth-order valence-corrected chi connectivity index (χ4v) is 6.24. The normalized spacial score (nSPS) is 11.9. The molecule has 4 rings (SSSR count). The lowest BCUT2D eigenvalue weighted by atomic mass is 10.0. The van der Waals surface area contributed by atoms with Crippen LogP contribution in [0.2, 0.25) is 0 Å². The van der Waals surface area contributed by atoms with Gasteiger partial charge in [-0.05, 0) is 54.8 Å². The van der Waals surface area contributed by atoms with E-state index in [9.17, 15) is 22.4 Å². The molecule has 0 unspecified atom stereocenters. The van der Waals surface area contributed by atoms with Gasteiger partial charge in [-0.2, -0.15) is 0 Å². The first-order valence-electron chi connectivity index (χ1n) is 13.5. The molecule has 4 aromatic rings. The highest BCUT2D eigenvalue weighted by Gasteiger charge is 2.35. The van der Waals surface area contributed by atoms with Crippen molar-refractivity contribution in [3.05, 3.63) is 131 Å². The Balaban J connectivity index is 1.82. The molecule has 7 nitrogen and oxygen atoms in total. The van der Waals surface area contributed by atoms with E-state index in [2.05, 4.69) is 5.32 Å². The maximum atomic E-state index is 14.9. The van der Waals surface area contributed by atoms with E-state index < -0.39 is 40.2 Å². The number of rotatable bonds is 11. The van der Waals surface area contributed by atoms with E-state index in [0.717, 1.165) is 15.4 Å². The molecule has 1 atom stereocenters. The van der Waals surface area contributed by atoms with Crippen molar-refractivity contribution in [1.82, 2.24) is 10.2 Å². The second-order valence-electron chi connectivity index (χ2n) is 10.0. The highest BCUT2D eigenvalue weighted by molar-refractivity contribution is 7.92. The molecule has 0 fully saturated rings. The summed E-state index contributed by atoms with van der Waals surface area (Å²) in [5.74, 6) is -1.63. The molecule has 0 saturated heterocycles. The number of benzene rings is 4. The van der Waals surface area contributed by atoms with Gasteiger partial charge in [0.1, 0.15) is 18.4 Å². The van der Waals surface area contributed by atoms with Crippen LogP contribution in [-0.2, 0) is 32.6 Å². The van der Waals surface area contributed by atoms with Crippen LogP contribution in [0.4, 0.5) is 10.1 Å². The van der Waals surface area contributed by atoms with Crippen LogP contribution in [0.3, 0.4) is 0 Å². The fourth-order valence-electron chi connectivity index (χ4n) is 4.75. The van der Waals surface area contributed by atoms with E-state index in [4.69, 9.17) is 0 Å². The van der Waals surface area contributed by atoms with Crippen molar-refractivity contribution in [2.45, 2.75) is 37.8 Å². The van der Waals surface area contributed by atoms with Gasteiger partial charge in [0, 0.05) is 25.6 Å². The van der Waals surface area contributed by atoms with Crippen molar-refractivity contribution >= 4 is 27.5 Å². The lowest BCUT2D eigenvalue weighted by Gasteiger charge is -2.34. The zero-order chi connectivity index (χ0) is 30.3. The third-order valence-electron chi connectivity index (χ3n) is 7.06. The summed E-state index contributed by atoms with van der Waals surface area (Å²) in [4.78, 5) is 28.9. The van der Waals surface area contributed by atoms with Crippen molar-refractivity contribution in [2.75, 3.05) is 17.9 Å². The van der Waals surface area contributed by atoms with E-state index >= 15 is 0 Å². The quantitative estimate of drug-likeness (QED) is 0.267. The molecule has 0 aliphatic rings. The molecule has 0 aliphatic carbocycles. The standard InChI is InChI=1S/C33H34FN3O4S/c1-24-18-19-25(2)30(20-24)37(42(40,41)28-15-8-5-9-16-28)23-32(38)36(22-27-14-10-11-17-29(27)34)31(33(39)35-3)21-26-12-6-4-7-13-26/h4-20,31H,21-23H2,1-3H3,(H,35,39)/t31-/m0/s1. The van der Waals surface area contributed by atoms with Gasteiger partial charge in [-0.25, -0.2) is 12.8 Å². The molecule has 0 spiro atoms. The summed E-state index contributed by atoms with van der Waals surface area (Å²) < 4.78 is 44.0. The summed E-state index contributed by atoms with van der Waals surface area (Å²) in [7, 11) is -2.74. The van der Waals surface area contributed by atoms with Gasteiger partial charge in [-0.3, -0.25) is 13.9 Å². The van der Waals surface area contributed by atoms with Crippen molar-refractivity contribution < 1.29 is 22.4 Å². The minimum absolute atomic E-state index is 0.0199. The topological polar surface area (TPSA) is 86.8 Å². The van der Waals surface area contributed by atoms with Gasteiger partial charge in [0.2, 0.25) is 11.8 Å². The summed E-state index contributed by atoms with van der Waals surface area (Å²) in [6.07, 6.45) is 0.148. The van der Waals surface area contributed by atoms with Crippen molar-refractivity contribution in [1.29, 1.82) is 0 Å². The van der Waals surface area contributed by atoms with Gasteiger partial charge in [0.25, 0.3) is 10.0 Å². The van der Waals surface area contributed by atoms with E-state index in [0.29, 0.717) is 11.3 Å². The first-order chi connectivity index (χ1) is 20.1. The van der Waals surface area contributed by atoms with E-state index in [1.807, 2.05) is 43.3 Å². The number of carbonyl (C=O) groups excluding carboxylic acids is 2. The number of amides is 2. The molecule has 4 aromatic carbocycles. The fraction of sp³-hybridized carbons (Fsp3) is 0.212. The van der Waals surface area contributed by atoms with E-state index in [-0.39, 0.29) is 23.4 Å². The highest BCUT2D eigenvalue weighted by Crippen LogP contribution is 2.29. The van der Waals surface area contributed by atoms with Crippen LogP contribution in [0, 0.1) is 19.7 Å². The Hall–Kier alpha value is -4.50. The van der Waals surface area contributed by atoms with Crippen molar-refractivity contribution in [2.24, 2.45) is 0 Å². The Bertz CT molecular complexity index is 1650. The highest BCUT2D eigenvalue weighted by atomic mass is 32.2. The average molecular weight is 588 g/mol. The second kappa shape index (κ2) is 13.4. The van der Waals surface area contributed by atoms with Crippen LogP contribution >= 0.6 is 0 Å². The maximum absolute atomic E-state index is 14.9. The molecule has 218 valence electrons. The zero-order valence-corrected chi connectivity index (χ0v) is 24.6. The minimum Gasteiger partial charge on any atom is -0.357 e. The number of aryl methyl sites for hydroxylation is 2. The number of sulfonamides is 1. The van der Waals surface area contributed by atoms with Gasteiger partial charge in [-0.15, -0.1) is 0 Å². The number of anilines is 1. The molecule has 2 amide bonds.